The summed E-state index contributed by atoms with van der Waals surface area (Å²) in [5.74, 6) is -0.239. The Hall–Kier alpha value is -3.91. The van der Waals surface area contributed by atoms with Gasteiger partial charge in [0.1, 0.15) is 11.4 Å². The highest BCUT2D eigenvalue weighted by atomic mass is 79.9. The Morgan fingerprint density at radius 2 is 1.79 bits per heavy atom. The minimum atomic E-state index is -0.504. The predicted molar refractivity (Wildman–Crippen MR) is 130 cm³/mol. The topological polar surface area (TPSA) is 87.7 Å². The van der Waals surface area contributed by atoms with Crippen LogP contribution in [0.5, 0.6) is 5.75 Å². The van der Waals surface area contributed by atoms with Gasteiger partial charge in [-0.3, -0.25) is 9.59 Å². The zero-order valence-corrected chi connectivity index (χ0v) is 19.3. The first-order valence-electron chi connectivity index (χ1n) is 10.1. The average molecular weight is 506 g/mol. The molecule has 1 aliphatic heterocycles. The van der Waals surface area contributed by atoms with E-state index in [1.165, 1.54) is 0 Å². The van der Waals surface area contributed by atoms with Crippen molar-refractivity contribution in [2.45, 2.75) is 6.92 Å². The number of anilines is 2. The van der Waals surface area contributed by atoms with Gasteiger partial charge in [0, 0.05) is 5.69 Å². The second-order valence-corrected chi connectivity index (χ2v) is 8.21. The highest BCUT2D eigenvalue weighted by molar-refractivity contribution is 9.10. The molecule has 0 saturated carbocycles. The van der Waals surface area contributed by atoms with Gasteiger partial charge in [-0.2, -0.15) is 0 Å². The number of hydrogen-bond acceptors (Lipinski definition) is 4. The maximum atomic E-state index is 12.7. The van der Waals surface area contributed by atoms with Crippen molar-refractivity contribution in [1.82, 2.24) is 5.32 Å². The number of halogens is 1. The van der Waals surface area contributed by atoms with Gasteiger partial charge in [-0.1, -0.05) is 42.0 Å². The van der Waals surface area contributed by atoms with Crippen molar-refractivity contribution in [2.24, 2.45) is 0 Å². The molecule has 33 heavy (non-hydrogen) atoms. The van der Waals surface area contributed by atoms with Crippen LogP contribution in [0.15, 0.2) is 83.0 Å². The van der Waals surface area contributed by atoms with Crippen LogP contribution in [0.4, 0.5) is 16.2 Å². The summed E-state index contributed by atoms with van der Waals surface area (Å²) in [6.07, 6.45) is 1.59. The van der Waals surface area contributed by atoms with E-state index in [4.69, 9.17) is 4.74 Å². The molecule has 0 atom stereocenters. The molecule has 0 radical (unpaired) electrons. The first-order valence-corrected chi connectivity index (χ1v) is 10.9. The number of rotatable bonds is 6. The van der Waals surface area contributed by atoms with Gasteiger partial charge < -0.3 is 15.4 Å². The molecule has 166 valence electrons. The van der Waals surface area contributed by atoms with Crippen molar-refractivity contribution >= 4 is 51.2 Å². The largest absolute Gasteiger partial charge is 0.483 e. The van der Waals surface area contributed by atoms with Crippen LogP contribution < -0.4 is 20.3 Å². The van der Waals surface area contributed by atoms with E-state index >= 15 is 0 Å². The van der Waals surface area contributed by atoms with E-state index in [0.29, 0.717) is 27.2 Å². The number of ether oxygens (including phenoxy) is 1. The number of amides is 4. The molecule has 1 saturated heterocycles. The van der Waals surface area contributed by atoms with Gasteiger partial charge in [-0.15, -0.1) is 0 Å². The molecule has 8 heteroatoms. The number of hydrogen-bond donors (Lipinski definition) is 2. The number of urea groups is 1. The molecule has 3 aromatic rings. The third-order valence-electron chi connectivity index (χ3n) is 4.85. The van der Waals surface area contributed by atoms with Crippen molar-refractivity contribution in [3.8, 4) is 5.75 Å². The number of imide groups is 1. The SMILES string of the molecule is Cc1ccc(NC(=O)COc2ccc(/C=C3/NC(=O)N(c4ccccc4)C3=O)cc2Br)cc1. The molecule has 4 amide bonds. The highest BCUT2D eigenvalue weighted by Gasteiger charge is 2.34. The summed E-state index contributed by atoms with van der Waals surface area (Å²) < 4.78 is 6.22. The van der Waals surface area contributed by atoms with Gasteiger partial charge in [0.15, 0.2) is 6.61 Å². The lowest BCUT2D eigenvalue weighted by Crippen LogP contribution is -2.30. The highest BCUT2D eigenvalue weighted by Crippen LogP contribution is 2.28. The van der Waals surface area contributed by atoms with Crippen molar-refractivity contribution < 1.29 is 19.1 Å². The number of nitrogens with one attached hydrogen (secondary N) is 2. The molecule has 2 N–H and O–H groups in total. The van der Waals surface area contributed by atoms with Gasteiger partial charge >= 0.3 is 6.03 Å². The Labute approximate surface area is 199 Å². The van der Waals surface area contributed by atoms with Crippen molar-refractivity contribution in [2.75, 3.05) is 16.8 Å². The summed E-state index contributed by atoms with van der Waals surface area (Å²) in [5.41, 5.74) is 3.15. The lowest BCUT2D eigenvalue weighted by atomic mass is 10.2. The molecule has 4 rings (SSSR count). The zero-order valence-electron chi connectivity index (χ0n) is 17.7. The summed E-state index contributed by atoms with van der Waals surface area (Å²) in [6, 6.07) is 20.8. The third kappa shape index (κ3) is 5.30. The molecule has 0 aliphatic carbocycles. The minimum absolute atomic E-state index is 0.159. The number of benzene rings is 3. The first-order chi connectivity index (χ1) is 15.9. The van der Waals surface area contributed by atoms with Crippen LogP contribution in [0, 0.1) is 6.92 Å². The summed E-state index contributed by atoms with van der Waals surface area (Å²) >= 11 is 3.43. The summed E-state index contributed by atoms with van der Waals surface area (Å²) in [4.78, 5) is 38.2. The van der Waals surface area contributed by atoms with Crippen LogP contribution in [0.25, 0.3) is 6.08 Å². The maximum absolute atomic E-state index is 12.7. The van der Waals surface area contributed by atoms with Crippen molar-refractivity contribution in [1.29, 1.82) is 0 Å². The van der Waals surface area contributed by atoms with Crippen molar-refractivity contribution in [3.63, 3.8) is 0 Å². The molecule has 3 aromatic carbocycles. The molecule has 0 unspecified atom stereocenters. The molecule has 0 bridgehead atoms. The molecule has 1 aliphatic rings. The van der Waals surface area contributed by atoms with Crippen molar-refractivity contribution in [3.05, 3.63) is 94.1 Å². The number of carbonyl (C=O) groups excluding carboxylic acids is 3. The number of carbonyl (C=O) groups is 3. The standard InChI is InChI=1S/C25H20BrN3O4/c1-16-7-10-18(11-8-16)27-23(30)15-33-22-12-9-17(13-20(22)26)14-21-24(31)29(25(32)28-21)19-5-3-2-4-6-19/h2-14H,15H2,1H3,(H,27,30)(H,28,32)/b21-14+. The fourth-order valence-corrected chi connectivity index (χ4v) is 3.73. The number of nitrogens with zero attached hydrogens (tertiary/aromatic N) is 1. The van der Waals surface area contributed by atoms with E-state index in [0.717, 1.165) is 10.5 Å². The van der Waals surface area contributed by atoms with Gasteiger partial charge in [0.05, 0.1) is 10.2 Å². The fraction of sp³-hybridized carbons (Fsp3) is 0.0800. The second kappa shape index (κ2) is 9.70. The minimum Gasteiger partial charge on any atom is -0.483 e. The summed E-state index contributed by atoms with van der Waals surface area (Å²) in [6.45, 7) is 1.81. The Morgan fingerprint density at radius 1 is 1.06 bits per heavy atom. The van der Waals surface area contributed by atoms with Crippen LogP contribution in [0.3, 0.4) is 0 Å². The van der Waals surface area contributed by atoms with Gasteiger partial charge in [-0.25, -0.2) is 9.69 Å². The van der Waals surface area contributed by atoms with E-state index in [1.807, 2.05) is 37.3 Å². The Bertz CT molecular complexity index is 1240. The third-order valence-corrected chi connectivity index (χ3v) is 5.47. The zero-order chi connectivity index (χ0) is 23.4. The van der Waals surface area contributed by atoms with E-state index in [2.05, 4.69) is 26.6 Å². The van der Waals surface area contributed by atoms with Gasteiger partial charge in [-0.05, 0) is 70.9 Å². The predicted octanol–water partition coefficient (Wildman–Crippen LogP) is 4.87. The molecular weight excluding hydrogens is 486 g/mol. The molecule has 1 fully saturated rings. The van der Waals surface area contributed by atoms with Gasteiger partial charge in [0.2, 0.25) is 0 Å². The smallest absolute Gasteiger partial charge is 0.333 e. The lowest BCUT2D eigenvalue weighted by molar-refractivity contribution is -0.118. The lowest BCUT2D eigenvalue weighted by Gasteiger charge is -2.11. The van der Waals surface area contributed by atoms with Crippen LogP contribution in [-0.2, 0) is 9.59 Å². The van der Waals surface area contributed by atoms with E-state index < -0.39 is 11.9 Å². The second-order valence-electron chi connectivity index (χ2n) is 7.36. The van der Waals surface area contributed by atoms with Crippen LogP contribution >= 0.6 is 15.9 Å². The quantitative estimate of drug-likeness (QED) is 0.369. The number of para-hydroxylation sites is 1. The summed E-state index contributed by atoms with van der Waals surface area (Å²) in [5, 5.41) is 5.37. The van der Waals surface area contributed by atoms with E-state index in [1.54, 1.807) is 48.5 Å². The Balaban J connectivity index is 1.40. The Morgan fingerprint density at radius 3 is 2.48 bits per heavy atom. The molecular formula is C25H20BrN3O4. The molecule has 0 spiro atoms. The van der Waals surface area contributed by atoms with Gasteiger partial charge in [0.25, 0.3) is 11.8 Å². The van der Waals surface area contributed by atoms with Crippen LogP contribution in [0.2, 0.25) is 0 Å². The van der Waals surface area contributed by atoms with E-state index in [-0.39, 0.29) is 18.2 Å². The average Bonchev–Trinajstić information content (AvgIpc) is 3.08. The maximum Gasteiger partial charge on any atom is 0.333 e. The number of aryl methyl sites for hydroxylation is 1. The Kier molecular flexibility index (Phi) is 6.55. The monoisotopic (exact) mass is 505 g/mol. The normalized spacial score (nSPS) is 14.4. The van der Waals surface area contributed by atoms with Crippen LogP contribution in [0.1, 0.15) is 11.1 Å². The molecule has 1 heterocycles. The summed E-state index contributed by atoms with van der Waals surface area (Å²) in [7, 11) is 0. The van der Waals surface area contributed by atoms with E-state index in [9.17, 15) is 14.4 Å². The molecule has 7 nitrogen and oxygen atoms in total. The molecule has 0 aromatic heterocycles. The first kappa shape index (κ1) is 22.3. The van der Waals surface area contributed by atoms with Crippen LogP contribution in [-0.4, -0.2) is 24.5 Å². The fourth-order valence-electron chi connectivity index (χ4n) is 3.21.